The third kappa shape index (κ3) is 3.25. The molecule has 1 aromatic heterocycles. The molecule has 2 aliphatic rings. The fourth-order valence-corrected chi connectivity index (χ4v) is 5.99. The van der Waals surface area contributed by atoms with E-state index in [0.717, 1.165) is 36.2 Å². The summed E-state index contributed by atoms with van der Waals surface area (Å²) in [6.07, 6.45) is 3.32. The topological polar surface area (TPSA) is 51.8 Å². The maximum absolute atomic E-state index is 5.84. The van der Waals surface area contributed by atoms with Crippen molar-refractivity contribution in [2.75, 3.05) is 12.3 Å². The van der Waals surface area contributed by atoms with Crippen LogP contribution in [0.25, 0.3) is 0 Å². The fourth-order valence-electron chi connectivity index (χ4n) is 3.15. The van der Waals surface area contributed by atoms with E-state index in [-0.39, 0.29) is 0 Å². The largest absolute Gasteiger partial charge is 0.330 e. The molecule has 3 rings (SSSR count). The lowest BCUT2D eigenvalue weighted by Gasteiger charge is -2.31. The van der Waals surface area contributed by atoms with Crippen molar-refractivity contribution in [3.05, 3.63) is 22.8 Å². The molecule has 1 saturated heterocycles. The van der Waals surface area contributed by atoms with Crippen molar-refractivity contribution >= 4 is 23.5 Å². The highest BCUT2D eigenvalue weighted by Crippen LogP contribution is 2.43. The van der Waals surface area contributed by atoms with Crippen molar-refractivity contribution < 1.29 is 0 Å². The Balaban J connectivity index is 1.84. The van der Waals surface area contributed by atoms with Gasteiger partial charge in [0.2, 0.25) is 0 Å². The van der Waals surface area contributed by atoms with E-state index >= 15 is 0 Å². The predicted molar refractivity (Wildman–Crippen MR) is 93.1 cm³/mol. The first-order valence-electron chi connectivity index (χ1n) is 7.92. The lowest BCUT2D eigenvalue weighted by molar-refractivity contribution is 0.458. The van der Waals surface area contributed by atoms with Gasteiger partial charge in [-0.3, -0.25) is 0 Å². The number of aryl methyl sites for hydroxylation is 2. The number of thioether (sulfide) groups is 2. The van der Waals surface area contributed by atoms with Crippen molar-refractivity contribution in [2.24, 2.45) is 11.7 Å². The summed E-state index contributed by atoms with van der Waals surface area (Å²) in [7, 11) is 0. The van der Waals surface area contributed by atoms with Crippen LogP contribution in [0.1, 0.15) is 48.3 Å². The summed E-state index contributed by atoms with van der Waals surface area (Å²) in [5.41, 5.74) is 9.69. The predicted octanol–water partition coefficient (Wildman–Crippen LogP) is 3.15. The van der Waals surface area contributed by atoms with Gasteiger partial charge in [-0.25, -0.2) is 9.97 Å². The summed E-state index contributed by atoms with van der Waals surface area (Å²) in [5.74, 6) is 2.82. The Morgan fingerprint density at radius 2 is 2.05 bits per heavy atom. The van der Waals surface area contributed by atoms with Crippen molar-refractivity contribution in [1.82, 2.24) is 9.97 Å². The molecule has 4 unspecified atom stereocenters. The van der Waals surface area contributed by atoms with Gasteiger partial charge in [-0.05, 0) is 44.2 Å². The summed E-state index contributed by atoms with van der Waals surface area (Å²) in [4.78, 5) is 9.79. The fraction of sp³-hybridized carbons (Fsp3) is 0.750. The van der Waals surface area contributed by atoms with Crippen molar-refractivity contribution in [3.8, 4) is 0 Å². The first kappa shape index (κ1) is 15.6. The van der Waals surface area contributed by atoms with Crippen LogP contribution in [0.2, 0.25) is 0 Å². The van der Waals surface area contributed by atoms with E-state index in [1.54, 1.807) is 0 Å². The Hall–Kier alpha value is -0.260. The molecule has 0 radical (unpaired) electrons. The van der Waals surface area contributed by atoms with E-state index in [4.69, 9.17) is 15.7 Å². The van der Waals surface area contributed by atoms with Gasteiger partial charge in [0.05, 0.1) is 5.25 Å². The molecule has 0 amide bonds. The molecule has 1 aliphatic heterocycles. The molecule has 0 saturated carbocycles. The zero-order valence-electron chi connectivity index (χ0n) is 13.1. The Bertz CT molecular complexity index is 520. The van der Waals surface area contributed by atoms with Crippen LogP contribution in [0.15, 0.2) is 0 Å². The molecule has 0 spiro atoms. The third-order valence-electron chi connectivity index (χ3n) is 4.77. The molecule has 0 aromatic carbocycles. The Morgan fingerprint density at radius 1 is 1.24 bits per heavy atom. The van der Waals surface area contributed by atoms with Crippen LogP contribution in [0.4, 0.5) is 0 Å². The Labute approximate surface area is 136 Å². The number of rotatable bonds is 2. The monoisotopic (exact) mass is 323 g/mol. The average Bonchev–Trinajstić information content (AvgIpc) is 2.49. The number of nitrogens with two attached hydrogens (primary N) is 1. The molecule has 1 aromatic rings. The van der Waals surface area contributed by atoms with E-state index in [1.807, 2.05) is 11.8 Å². The molecule has 3 nitrogen and oxygen atoms in total. The summed E-state index contributed by atoms with van der Waals surface area (Å²) >= 11 is 4.11. The van der Waals surface area contributed by atoms with Crippen molar-refractivity contribution in [1.29, 1.82) is 0 Å². The molecular weight excluding hydrogens is 298 g/mol. The van der Waals surface area contributed by atoms with Gasteiger partial charge in [0.1, 0.15) is 5.82 Å². The highest BCUT2D eigenvalue weighted by atomic mass is 32.2. The number of nitrogens with zero attached hydrogens (tertiary/aromatic N) is 2. The average molecular weight is 324 g/mol. The van der Waals surface area contributed by atoms with Crippen LogP contribution in [0, 0.1) is 12.8 Å². The van der Waals surface area contributed by atoms with Crippen molar-refractivity contribution in [2.45, 2.75) is 55.8 Å². The molecule has 2 heterocycles. The Morgan fingerprint density at radius 3 is 2.76 bits per heavy atom. The minimum atomic E-state index is 0.456. The SMILES string of the molecule is Cc1nc(C2CSC(C)C(C)S2)nc2c1CC(CN)CC2. The van der Waals surface area contributed by atoms with E-state index < -0.39 is 0 Å². The van der Waals surface area contributed by atoms with Crippen LogP contribution < -0.4 is 5.73 Å². The first-order chi connectivity index (χ1) is 10.1. The second kappa shape index (κ2) is 6.47. The quantitative estimate of drug-likeness (QED) is 0.906. The first-order valence-corrected chi connectivity index (χ1v) is 9.91. The van der Waals surface area contributed by atoms with Crippen LogP contribution >= 0.6 is 23.5 Å². The number of fused-ring (bicyclic) bond motifs is 1. The summed E-state index contributed by atoms with van der Waals surface area (Å²) < 4.78 is 0. The summed E-state index contributed by atoms with van der Waals surface area (Å²) in [6.45, 7) is 7.58. The van der Waals surface area contributed by atoms with Crippen LogP contribution in [0.5, 0.6) is 0 Å². The van der Waals surface area contributed by atoms with E-state index in [0.29, 0.717) is 16.4 Å². The molecule has 21 heavy (non-hydrogen) atoms. The standard InChI is InChI=1S/C16H25N3S2/c1-9-13-6-12(7-17)4-5-14(13)19-16(18-9)15-8-20-10(2)11(3)21-15/h10-12,15H,4-8,17H2,1-3H3. The van der Waals surface area contributed by atoms with Gasteiger partial charge in [0.15, 0.2) is 0 Å². The molecular formula is C16H25N3S2. The van der Waals surface area contributed by atoms with Gasteiger partial charge in [-0.2, -0.15) is 11.8 Å². The van der Waals surface area contributed by atoms with Gasteiger partial charge in [-0.15, -0.1) is 11.8 Å². The van der Waals surface area contributed by atoms with Gasteiger partial charge < -0.3 is 5.73 Å². The van der Waals surface area contributed by atoms with Gasteiger partial charge in [0.25, 0.3) is 0 Å². The maximum Gasteiger partial charge on any atom is 0.142 e. The zero-order valence-corrected chi connectivity index (χ0v) is 14.8. The minimum absolute atomic E-state index is 0.456. The normalized spacial score (nSPS) is 32.8. The number of hydrogen-bond donors (Lipinski definition) is 1. The molecule has 2 N–H and O–H groups in total. The third-order valence-corrected chi connectivity index (χ3v) is 8.16. The van der Waals surface area contributed by atoms with Crippen molar-refractivity contribution in [3.63, 3.8) is 0 Å². The zero-order chi connectivity index (χ0) is 15.0. The lowest BCUT2D eigenvalue weighted by atomic mass is 9.86. The highest BCUT2D eigenvalue weighted by Gasteiger charge is 2.30. The molecule has 116 valence electrons. The van der Waals surface area contributed by atoms with E-state index in [2.05, 4.69) is 32.5 Å². The summed E-state index contributed by atoms with van der Waals surface area (Å²) in [6, 6.07) is 0. The molecule has 0 bridgehead atoms. The van der Waals surface area contributed by atoms with Gasteiger partial charge >= 0.3 is 0 Å². The molecule has 1 aliphatic carbocycles. The van der Waals surface area contributed by atoms with Gasteiger partial charge in [0, 0.05) is 27.6 Å². The number of aromatic nitrogens is 2. The van der Waals surface area contributed by atoms with Crippen LogP contribution in [-0.2, 0) is 12.8 Å². The van der Waals surface area contributed by atoms with E-state index in [9.17, 15) is 0 Å². The summed E-state index contributed by atoms with van der Waals surface area (Å²) in [5, 5.41) is 1.86. The maximum atomic E-state index is 5.84. The lowest BCUT2D eigenvalue weighted by Crippen LogP contribution is -2.26. The highest BCUT2D eigenvalue weighted by molar-refractivity contribution is 8.07. The minimum Gasteiger partial charge on any atom is -0.330 e. The molecule has 4 atom stereocenters. The molecule has 1 fully saturated rings. The van der Waals surface area contributed by atoms with Crippen LogP contribution in [0.3, 0.4) is 0 Å². The molecule has 5 heteroatoms. The van der Waals surface area contributed by atoms with E-state index in [1.165, 1.54) is 23.4 Å². The smallest absolute Gasteiger partial charge is 0.142 e. The van der Waals surface area contributed by atoms with Crippen LogP contribution in [-0.4, -0.2) is 32.8 Å². The number of hydrogen-bond acceptors (Lipinski definition) is 5. The second-order valence-corrected chi connectivity index (χ2v) is 9.30. The van der Waals surface area contributed by atoms with Gasteiger partial charge in [-0.1, -0.05) is 13.8 Å². The second-order valence-electron chi connectivity index (χ2n) is 6.31. The Kier molecular flexibility index (Phi) is 4.81.